The second kappa shape index (κ2) is 15.1. The Labute approximate surface area is 190 Å². The minimum atomic E-state index is 0. The Hall–Kier alpha value is -0.770. The van der Waals surface area contributed by atoms with Crippen LogP contribution in [-0.4, -0.2) is 52.6 Å². The van der Waals surface area contributed by atoms with Crippen LogP contribution in [0, 0.1) is 5.92 Å². The first kappa shape index (κ1) is 25.3. The van der Waals surface area contributed by atoms with Crippen LogP contribution in [0.3, 0.4) is 0 Å². The summed E-state index contributed by atoms with van der Waals surface area (Å²) in [6.07, 6.45) is 3.17. The average Bonchev–Trinajstić information content (AvgIpc) is 2.70. The first-order chi connectivity index (χ1) is 13.2. The van der Waals surface area contributed by atoms with Crippen LogP contribution in [0.25, 0.3) is 0 Å². The highest BCUT2D eigenvalue weighted by Gasteiger charge is 2.13. The van der Waals surface area contributed by atoms with Crippen molar-refractivity contribution in [2.75, 3.05) is 46.6 Å². The van der Waals surface area contributed by atoms with E-state index in [-0.39, 0.29) is 24.0 Å². The van der Waals surface area contributed by atoms with E-state index in [4.69, 9.17) is 25.8 Å². The molecule has 1 fully saturated rings. The quantitative estimate of drug-likeness (QED) is 0.210. The van der Waals surface area contributed by atoms with E-state index in [1.807, 2.05) is 18.2 Å². The van der Waals surface area contributed by atoms with Crippen LogP contribution in [0.15, 0.2) is 23.2 Å². The first-order valence-electron chi connectivity index (χ1n) is 9.73. The van der Waals surface area contributed by atoms with E-state index in [9.17, 15) is 0 Å². The molecule has 1 saturated heterocycles. The van der Waals surface area contributed by atoms with Crippen molar-refractivity contribution in [3.8, 4) is 5.75 Å². The van der Waals surface area contributed by atoms with Crippen molar-refractivity contribution in [3.05, 3.63) is 28.8 Å². The molecule has 0 amide bonds. The topological polar surface area (TPSA) is 64.1 Å². The smallest absolute Gasteiger partial charge is 0.191 e. The molecule has 1 aromatic carbocycles. The van der Waals surface area contributed by atoms with Crippen LogP contribution in [-0.2, 0) is 16.0 Å². The number of guanidine groups is 1. The van der Waals surface area contributed by atoms with Gasteiger partial charge in [0.1, 0.15) is 5.75 Å². The first-order valence-corrected chi connectivity index (χ1v) is 10.1. The number of methoxy groups -OCH3 is 1. The van der Waals surface area contributed by atoms with Crippen molar-refractivity contribution in [1.82, 2.24) is 10.6 Å². The van der Waals surface area contributed by atoms with Gasteiger partial charge >= 0.3 is 0 Å². The summed E-state index contributed by atoms with van der Waals surface area (Å²) < 4.78 is 16.5. The third-order valence-electron chi connectivity index (χ3n) is 4.45. The van der Waals surface area contributed by atoms with Gasteiger partial charge in [-0.15, -0.1) is 24.0 Å². The molecule has 1 aromatic rings. The zero-order valence-corrected chi connectivity index (χ0v) is 19.9. The highest BCUT2D eigenvalue weighted by molar-refractivity contribution is 14.0. The summed E-state index contributed by atoms with van der Waals surface area (Å²) in [5.74, 6) is 2.20. The average molecular weight is 526 g/mol. The molecule has 160 valence electrons. The number of hydrogen-bond donors (Lipinski definition) is 2. The van der Waals surface area contributed by atoms with Gasteiger partial charge in [0.2, 0.25) is 0 Å². The van der Waals surface area contributed by atoms with E-state index in [0.29, 0.717) is 17.5 Å². The fraction of sp³-hybridized carbons (Fsp3) is 0.650. The molecule has 0 saturated carbocycles. The number of nitrogens with one attached hydrogen (secondary N) is 2. The zero-order valence-electron chi connectivity index (χ0n) is 16.8. The predicted octanol–water partition coefficient (Wildman–Crippen LogP) is 3.86. The fourth-order valence-corrected chi connectivity index (χ4v) is 3.06. The second-order valence-electron chi connectivity index (χ2n) is 6.56. The van der Waals surface area contributed by atoms with Gasteiger partial charge < -0.3 is 24.8 Å². The number of ether oxygens (including phenoxy) is 3. The molecule has 1 aliphatic heterocycles. The molecule has 1 heterocycles. The number of aliphatic imine (C=N–C) groups is 1. The molecule has 2 rings (SSSR count). The summed E-state index contributed by atoms with van der Waals surface area (Å²) in [7, 11) is 1.64. The SMILES string of the molecule is CCNC(=NCc1ccc(Cl)cc1OC)NCCCOCC1CCOCC1.I. The van der Waals surface area contributed by atoms with Crippen LogP contribution in [0.2, 0.25) is 5.02 Å². The fourth-order valence-electron chi connectivity index (χ4n) is 2.90. The number of hydrogen-bond acceptors (Lipinski definition) is 4. The van der Waals surface area contributed by atoms with Gasteiger partial charge in [-0.3, -0.25) is 0 Å². The number of halogens is 2. The van der Waals surface area contributed by atoms with E-state index in [2.05, 4.69) is 22.5 Å². The Morgan fingerprint density at radius 3 is 2.79 bits per heavy atom. The summed E-state index contributed by atoms with van der Waals surface area (Å²) in [5, 5.41) is 7.27. The maximum absolute atomic E-state index is 6.01. The molecule has 2 N–H and O–H groups in total. The molecule has 0 aliphatic carbocycles. The minimum absolute atomic E-state index is 0. The Morgan fingerprint density at radius 1 is 1.29 bits per heavy atom. The van der Waals surface area contributed by atoms with Crippen LogP contribution >= 0.6 is 35.6 Å². The molecule has 8 heteroatoms. The van der Waals surface area contributed by atoms with Crippen molar-refractivity contribution < 1.29 is 14.2 Å². The second-order valence-corrected chi connectivity index (χ2v) is 7.00. The molecule has 1 aliphatic rings. The Kier molecular flexibility index (Phi) is 13.6. The van der Waals surface area contributed by atoms with Gasteiger partial charge in [0.05, 0.1) is 13.7 Å². The molecule has 6 nitrogen and oxygen atoms in total. The van der Waals surface area contributed by atoms with E-state index in [1.54, 1.807) is 7.11 Å². The molecule has 28 heavy (non-hydrogen) atoms. The molecule has 0 atom stereocenters. The van der Waals surface area contributed by atoms with Crippen molar-refractivity contribution in [3.63, 3.8) is 0 Å². The maximum atomic E-state index is 6.01. The van der Waals surface area contributed by atoms with Gasteiger partial charge in [-0.05, 0) is 44.2 Å². The third kappa shape index (κ3) is 9.62. The van der Waals surface area contributed by atoms with Gasteiger partial charge in [0.25, 0.3) is 0 Å². The zero-order chi connectivity index (χ0) is 19.3. The van der Waals surface area contributed by atoms with Crippen LogP contribution < -0.4 is 15.4 Å². The van der Waals surface area contributed by atoms with Crippen LogP contribution in [0.4, 0.5) is 0 Å². The largest absolute Gasteiger partial charge is 0.496 e. The molecule has 0 aromatic heterocycles. The molecule has 0 unspecified atom stereocenters. The highest BCUT2D eigenvalue weighted by Crippen LogP contribution is 2.23. The Balaban J connectivity index is 0.00000392. The summed E-state index contributed by atoms with van der Waals surface area (Å²) in [5.41, 5.74) is 0.999. The standard InChI is InChI=1S/C20H32ClN3O3.HI/c1-3-22-20(24-14-17-5-6-18(21)13-19(17)25-2)23-9-4-10-27-15-16-7-11-26-12-8-16;/h5-6,13,16H,3-4,7-12,14-15H2,1-2H3,(H2,22,23,24);1H. The monoisotopic (exact) mass is 525 g/mol. The summed E-state index contributed by atoms with van der Waals surface area (Å²) >= 11 is 6.01. The molecule has 0 radical (unpaired) electrons. The van der Waals surface area contributed by atoms with Crippen LogP contribution in [0.5, 0.6) is 5.75 Å². The van der Waals surface area contributed by atoms with Crippen molar-refractivity contribution in [2.45, 2.75) is 32.7 Å². The molecule has 0 bridgehead atoms. The summed E-state index contributed by atoms with van der Waals surface area (Å²) in [6.45, 7) is 7.55. The van der Waals surface area contributed by atoms with Gasteiger partial charge in [0, 0.05) is 50.1 Å². The van der Waals surface area contributed by atoms with E-state index in [0.717, 1.165) is 76.1 Å². The number of rotatable bonds is 10. The lowest BCUT2D eigenvalue weighted by molar-refractivity contribution is 0.0203. The molecular formula is C20H33ClIN3O3. The van der Waals surface area contributed by atoms with Crippen molar-refractivity contribution in [2.24, 2.45) is 10.9 Å². The van der Waals surface area contributed by atoms with Crippen LogP contribution in [0.1, 0.15) is 31.7 Å². The van der Waals surface area contributed by atoms with E-state index in [1.165, 1.54) is 0 Å². The van der Waals surface area contributed by atoms with Gasteiger partial charge in [-0.2, -0.15) is 0 Å². The summed E-state index contributed by atoms with van der Waals surface area (Å²) in [6, 6.07) is 5.60. The van der Waals surface area contributed by atoms with E-state index >= 15 is 0 Å². The number of nitrogens with zero attached hydrogens (tertiary/aromatic N) is 1. The summed E-state index contributed by atoms with van der Waals surface area (Å²) in [4.78, 5) is 4.63. The lowest BCUT2D eigenvalue weighted by Crippen LogP contribution is -2.38. The minimum Gasteiger partial charge on any atom is -0.496 e. The third-order valence-corrected chi connectivity index (χ3v) is 4.69. The molecule has 0 spiro atoms. The van der Waals surface area contributed by atoms with E-state index < -0.39 is 0 Å². The van der Waals surface area contributed by atoms with Crippen molar-refractivity contribution in [1.29, 1.82) is 0 Å². The van der Waals surface area contributed by atoms with Gasteiger partial charge in [-0.25, -0.2) is 4.99 Å². The normalized spacial score (nSPS) is 15.0. The van der Waals surface area contributed by atoms with Gasteiger partial charge in [0.15, 0.2) is 5.96 Å². The molecular weight excluding hydrogens is 493 g/mol. The van der Waals surface area contributed by atoms with Crippen molar-refractivity contribution >= 4 is 41.5 Å². The predicted molar refractivity (Wildman–Crippen MR) is 125 cm³/mol. The lowest BCUT2D eigenvalue weighted by Gasteiger charge is -2.21. The number of benzene rings is 1. The Bertz CT molecular complexity index is 584. The highest BCUT2D eigenvalue weighted by atomic mass is 127. The maximum Gasteiger partial charge on any atom is 0.191 e. The van der Waals surface area contributed by atoms with Gasteiger partial charge in [-0.1, -0.05) is 17.7 Å². The lowest BCUT2D eigenvalue weighted by atomic mass is 10.0. The Morgan fingerprint density at radius 2 is 2.07 bits per heavy atom.